The monoisotopic (exact) mass is 347 g/mol. The van der Waals surface area contributed by atoms with E-state index in [1.165, 1.54) is 5.56 Å². The van der Waals surface area contributed by atoms with E-state index in [1.807, 2.05) is 18.2 Å². The first-order valence-corrected chi connectivity index (χ1v) is 8.42. The number of pyridine rings is 1. The lowest BCUT2D eigenvalue weighted by Crippen LogP contribution is -2.24. The average Bonchev–Trinajstić information content (AvgIpc) is 2.65. The van der Waals surface area contributed by atoms with Crippen LogP contribution in [0.2, 0.25) is 0 Å². The van der Waals surface area contributed by atoms with Crippen LogP contribution in [0.15, 0.2) is 54.9 Å². The first-order chi connectivity index (χ1) is 12.6. The van der Waals surface area contributed by atoms with E-state index in [4.69, 9.17) is 0 Å². The number of rotatable bonds is 6. The van der Waals surface area contributed by atoms with Crippen LogP contribution in [-0.2, 0) is 13.1 Å². The second kappa shape index (κ2) is 8.20. The van der Waals surface area contributed by atoms with E-state index in [-0.39, 0.29) is 5.91 Å². The van der Waals surface area contributed by atoms with E-state index in [0.717, 1.165) is 11.1 Å². The molecule has 0 saturated carbocycles. The van der Waals surface area contributed by atoms with Gasteiger partial charge in [-0.2, -0.15) is 0 Å². The molecule has 2 heterocycles. The number of carbonyl (C=O) groups excluding carboxylic acids is 1. The Labute approximate surface area is 152 Å². The summed E-state index contributed by atoms with van der Waals surface area (Å²) in [6.07, 6.45) is 3.42. The SMILES string of the molecule is Cc1cccc(CNc2cc(C(=O)NCc3cccnc3)nc(C)n2)c1. The maximum Gasteiger partial charge on any atom is 0.270 e. The molecule has 2 N–H and O–H groups in total. The van der Waals surface area contributed by atoms with Gasteiger partial charge < -0.3 is 10.6 Å². The number of benzene rings is 1. The molecule has 6 nitrogen and oxygen atoms in total. The minimum absolute atomic E-state index is 0.238. The second-order valence-electron chi connectivity index (χ2n) is 6.07. The summed E-state index contributed by atoms with van der Waals surface area (Å²) in [5, 5.41) is 6.11. The van der Waals surface area contributed by atoms with Crippen LogP contribution in [0.25, 0.3) is 0 Å². The molecule has 0 aliphatic rings. The summed E-state index contributed by atoms with van der Waals surface area (Å²) in [5.74, 6) is 0.939. The van der Waals surface area contributed by atoms with Crippen molar-refractivity contribution in [1.82, 2.24) is 20.3 Å². The molecule has 2 aromatic heterocycles. The Morgan fingerprint density at radius 3 is 2.62 bits per heavy atom. The largest absolute Gasteiger partial charge is 0.366 e. The minimum Gasteiger partial charge on any atom is -0.366 e. The van der Waals surface area contributed by atoms with Gasteiger partial charge >= 0.3 is 0 Å². The molecule has 0 aliphatic heterocycles. The van der Waals surface area contributed by atoms with Crippen molar-refractivity contribution in [3.63, 3.8) is 0 Å². The topological polar surface area (TPSA) is 79.8 Å². The fourth-order valence-corrected chi connectivity index (χ4v) is 2.56. The molecule has 0 unspecified atom stereocenters. The molecular formula is C20H21N5O. The fraction of sp³-hybridized carbons (Fsp3) is 0.200. The smallest absolute Gasteiger partial charge is 0.270 e. The molecule has 0 atom stereocenters. The lowest BCUT2D eigenvalue weighted by molar-refractivity contribution is 0.0945. The highest BCUT2D eigenvalue weighted by atomic mass is 16.1. The number of hydrogen-bond acceptors (Lipinski definition) is 5. The van der Waals surface area contributed by atoms with E-state index in [1.54, 1.807) is 25.4 Å². The molecule has 6 heteroatoms. The third kappa shape index (κ3) is 4.86. The zero-order valence-corrected chi connectivity index (χ0v) is 14.9. The van der Waals surface area contributed by atoms with Crippen LogP contribution in [-0.4, -0.2) is 20.9 Å². The van der Waals surface area contributed by atoms with Gasteiger partial charge in [-0.3, -0.25) is 9.78 Å². The van der Waals surface area contributed by atoms with Crippen molar-refractivity contribution in [3.8, 4) is 0 Å². The molecular weight excluding hydrogens is 326 g/mol. The molecule has 0 bridgehead atoms. The lowest BCUT2D eigenvalue weighted by Gasteiger charge is -2.10. The normalized spacial score (nSPS) is 10.4. The van der Waals surface area contributed by atoms with Crippen LogP contribution < -0.4 is 10.6 Å². The summed E-state index contributed by atoms with van der Waals surface area (Å²) in [7, 11) is 0. The Hall–Kier alpha value is -3.28. The molecule has 0 saturated heterocycles. The number of hydrogen-bond donors (Lipinski definition) is 2. The average molecular weight is 347 g/mol. The Bertz CT molecular complexity index is 896. The molecule has 26 heavy (non-hydrogen) atoms. The number of aryl methyl sites for hydroxylation is 2. The van der Waals surface area contributed by atoms with Gasteiger partial charge in [-0.1, -0.05) is 35.9 Å². The van der Waals surface area contributed by atoms with Gasteiger partial charge in [0.05, 0.1) is 0 Å². The fourth-order valence-electron chi connectivity index (χ4n) is 2.56. The number of nitrogens with zero attached hydrogens (tertiary/aromatic N) is 3. The van der Waals surface area contributed by atoms with E-state index in [9.17, 15) is 4.79 Å². The van der Waals surface area contributed by atoms with Gasteiger partial charge in [-0.05, 0) is 31.0 Å². The Balaban J connectivity index is 1.65. The van der Waals surface area contributed by atoms with Crippen LogP contribution >= 0.6 is 0 Å². The quantitative estimate of drug-likeness (QED) is 0.716. The summed E-state index contributed by atoms with van der Waals surface area (Å²) >= 11 is 0. The lowest BCUT2D eigenvalue weighted by atomic mass is 10.1. The summed E-state index contributed by atoms with van der Waals surface area (Å²) in [6.45, 7) is 4.87. The van der Waals surface area contributed by atoms with Crippen molar-refractivity contribution in [2.45, 2.75) is 26.9 Å². The van der Waals surface area contributed by atoms with Crippen LogP contribution in [0.3, 0.4) is 0 Å². The Kier molecular flexibility index (Phi) is 5.53. The van der Waals surface area contributed by atoms with Crippen LogP contribution in [0.1, 0.15) is 33.0 Å². The van der Waals surface area contributed by atoms with Crippen LogP contribution in [0.4, 0.5) is 5.82 Å². The highest BCUT2D eigenvalue weighted by Gasteiger charge is 2.10. The Morgan fingerprint density at radius 2 is 1.85 bits per heavy atom. The molecule has 1 aromatic carbocycles. The third-order valence-corrected chi connectivity index (χ3v) is 3.80. The number of aromatic nitrogens is 3. The zero-order chi connectivity index (χ0) is 18.4. The van der Waals surface area contributed by atoms with E-state index in [0.29, 0.717) is 30.4 Å². The van der Waals surface area contributed by atoms with Crippen molar-refractivity contribution in [3.05, 3.63) is 83.1 Å². The molecule has 0 radical (unpaired) electrons. The summed E-state index contributed by atoms with van der Waals surface area (Å²) in [6, 6.07) is 13.7. The summed E-state index contributed by atoms with van der Waals surface area (Å²) in [4.78, 5) is 25.0. The van der Waals surface area contributed by atoms with Gasteiger partial charge in [0.2, 0.25) is 0 Å². The van der Waals surface area contributed by atoms with Gasteiger partial charge in [0.1, 0.15) is 17.3 Å². The van der Waals surface area contributed by atoms with E-state index >= 15 is 0 Å². The van der Waals surface area contributed by atoms with Gasteiger partial charge in [0, 0.05) is 31.5 Å². The van der Waals surface area contributed by atoms with Crippen molar-refractivity contribution in [2.24, 2.45) is 0 Å². The van der Waals surface area contributed by atoms with Crippen molar-refractivity contribution < 1.29 is 4.79 Å². The van der Waals surface area contributed by atoms with E-state index in [2.05, 4.69) is 50.7 Å². The predicted molar refractivity (Wildman–Crippen MR) is 101 cm³/mol. The number of nitrogens with one attached hydrogen (secondary N) is 2. The van der Waals surface area contributed by atoms with Gasteiger partial charge in [-0.15, -0.1) is 0 Å². The first kappa shape index (κ1) is 17.5. The molecule has 0 fully saturated rings. The minimum atomic E-state index is -0.238. The van der Waals surface area contributed by atoms with Crippen molar-refractivity contribution in [2.75, 3.05) is 5.32 Å². The maximum atomic E-state index is 12.4. The summed E-state index contributed by atoms with van der Waals surface area (Å²) < 4.78 is 0. The molecule has 0 spiro atoms. The van der Waals surface area contributed by atoms with E-state index < -0.39 is 0 Å². The zero-order valence-electron chi connectivity index (χ0n) is 14.9. The predicted octanol–water partition coefficient (Wildman–Crippen LogP) is 3.03. The van der Waals surface area contributed by atoms with Gasteiger partial charge in [0.25, 0.3) is 5.91 Å². The second-order valence-corrected chi connectivity index (χ2v) is 6.07. The third-order valence-electron chi connectivity index (χ3n) is 3.80. The maximum absolute atomic E-state index is 12.4. The number of anilines is 1. The highest BCUT2D eigenvalue weighted by Crippen LogP contribution is 2.10. The Morgan fingerprint density at radius 1 is 1.00 bits per heavy atom. The summed E-state index contributed by atoms with van der Waals surface area (Å²) in [5.41, 5.74) is 3.64. The number of amides is 1. The molecule has 1 amide bonds. The van der Waals surface area contributed by atoms with Crippen LogP contribution in [0, 0.1) is 13.8 Å². The van der Waals surface area contributed by atoms with Crippen LogP contribution in [0.5, 0.6) is 0 Å². The highest BCUT2D eigenvalue weighted by molar-refractivity contribution is 5.92. The van der Waals surface area contributed by atoms with Crippen molar-refractivity contribution >= 4 is 11.7 Å². The van der Waals surface area contributed by atoms with Gasteiger partial charge in [-0.25, -0.2) is 9.97 Å². The number of carbonyl (C=O) groups is 1. The van der Waals surface area contributed by atoms with Crippen molar-refractivity contribution in [1.29, 1.82) is 0 Å². The molecule has 132 valence electrons. The molecule has 3 aromatic rings. The van der Waals surface area contributed by atoms with Gasteiger partial charge in [0.15, 0.2) is 0 Å². The molecule has 3 rings (SSSR count). The first-order valence-electron chi connectivity index (χ1n) is 8.42. The molecule has 0 aliphatic carbocycles. The standard InChI is InChI=1S/C20H21N5O/c1-14-5-3-6-16(9-14)12-22-19-10-18(24-15(2)25-19)20(26)23-13-17-7-4-8-21-11-17/h3-11H,12-13H2,1-2H3,(H,23,26)(H,22,24,25).